The minimum absolute atomic E-state index is 0.207. The first-order valence-electron chi connectivity index (χ1n) is 6.97. The number of hydrogen-bond acceptors (Lipinski definition) is 3. The molecule has 5 heteroatoms. The number of aromatic amines is 1. The third-order valence-corrected chi connectivity index (χ3v) is 3.46. The van der Waals surface area contributed by atoms with E-state index < -0.39 is 0 Å². The van der Waals surface area contributed by atoms with E-state index in [1.165, 1.54) is 0 Å². The molecule has 0 saturated heterocycles. The summed E-state index contributed by atoms with van der Waals surface area (Å²) in [4.78, 5) is 14.2. The normalized spacial score (nSPS) is 10.7. The lowest BCUT2D eigenvalue weighted by Gasteiger charge is -2.07. The molecule has 5 N–H and O–H groups in total. The van der Waals surface area contributed by atoms with Crippen molar-refractivity contribution in [1.29, 1.82) is 0 Å². The smallest absolute Gasteiger partial charge is 0.221 e. The molecule has 0 spiro atoms. The van der Waals surface area contributed by atoms with Crippen LogP contribution in [-0.2, 0) is 17.8 Å². The van der Waals surface area contributed by atoms with Gasteiger partial charge in [-0.25, -0.2) is 0 Å². The number of primary amides is 1. The van der Waals surface area contributed by atoms with Crippen LogP contribution in [0.2, 0.25) is 0 Å². The average molecular weight is 295 g/mol. The Labute approximate surface area is 127 Å². The summed E-state index contributed by atoms with van der Waals surface area (Å²) in [5.41, 5.74) is 14.6. The maximum Gasteiger partial charge on any atom is 0.221 e. The van der Waals surface area contributed by atoms with Crippen LogP contribution in [0.25, 0.3) is 10.9 Å². The maximum atomic E-state index is 11.1. The first-order chi connectivity index (χ1) is 10.6. The molecule has 0 saturated carbocycles. The number of ether oxygens (including phenoxy) is 1. The first kappa shape index (κ1) is 14.0. The summed E-state index contributed by atoms with van der Waals surface area (Å²) in [7, 11) is 0. The van der Waals surface area contributed by atoms with Gasteiger partial charge in [-0.3, -0.25) is 4.79 Å². The van der Waals surface area contributed by atoms with Crippen molar-refractivity contribution >= 4 is 22.5 Å². The van der Waals surface area contributed by atoms with Crippen LogP contribution < -0.4 is 16.2 Å². The van der Waals surface area contributed by atoms with E-state index in [0.29, 0.717) is 12.3 Å². The Hall–Kier alpha value is -2.95. The molecule has 0 fully saturated rings. The number of aromatic nitrogens is 1. The summed E-state index contributed by atoms with van der Waals surface area (Å²) >= 11 is 0. The van der Waals surface area contributed by atoms with E-state index in [9.17, 15) is 4.79 Å². The minimum Gasteiger partial charge on any atom is -0.489 e. The van der Waals surface area contributed by atoms with Crippen LogP contribution in [0, 0.1) is 0 Å². The Morgan fingerprint density at radius 2 is 2.05 bits per heavy atom. The molecular formula is C17H17N3O2. The second kappa shape index (κ2) is 5.81. The second-order valence-electron chi connectivity index (χ2n) is 5.20. The van der Waals surface area contributed by atoms with Crippen molar-refractivity contribution in [1.82, 2.24) is 4.98 Å². The largest absolute Gasteiger partial charge is 0.489 e. The minimum atomic E-state index is -0.355. The predicted molar refractivity (Wildman–Crippen MR) is 86.4 cm³/mol. The van der Waals surface area contributed by atoms with E-state index in [1.807, 2.05) is 42.5 Å². The maximum absolute atomic E-state index is 11.1. The van der Waals surface area contributed by atoms with Gasteiger partial charge in [0.05, 0.1) is 6.42 Å². The van der Waals surface area contributed by atoms with Crippen LogP contribution in [0.3, 0.4) is 0 Å². The standard InChI is InChI=1S/C17H17N3O2/c18-13-3-1-2-11(6-13)10-22-14-4-5-16-15(8-14)12(9-20-16)7-17(19)21/h1-6,8-9,20H,7,10,18H2,(H2,19,21). The summed E-state index contributed by atoms with van der Waals surface area (Å²) < 4.78 is 5.80. The van der Waals surface area contributed by atoms with Crippen LogP contribution in [0.1, 0.15) is 11.1 Å². The van der Waals surface area contributed by atoms with Crippen LogP contribution in [0.4, 0.5) is 5.69 Å². The van der Waals surface area contributed by atoms with Crippen LogP contribution in [-0.4, -0.2) is 10.9 Å². The Kier molecular flexibility index (Phi) is 3.70. The number of benzene rings is 2. The Morgan fingerprint density at radius 1 is 1.18 bits per heavy atom. The summed E-state index contributed by atoms with van der Waals surface area (Å²) in [6.45, 7) is 0.437. The quantitative estimate of drug-likeness (QED) is 0.631. The van der Waals surface area contributed by atoms with Gasteiger partial charge in [-0.2, -0.15) is 0 Å². The molecule has 0 atom stereocenters. The van der Waals surface area contributed by atoms with Gasteiger partial charge >= 0.3 is 0 Å². The Bertz CT molecular complexity index is 824. The molecule has 0 aliphatic heterocycles. The fraction of sp³-hybridized carbons (Fsp3) is 0.118. The van der Waals surface area contributed by atoms with E-state index >= 15 is 0 Å². The van der Waals surface area contributed by atoms with Gasteiger partial charge in [-0.1, -0.05) is 12.1 Å². The third-order valence-electron chi connectivity index (χ3n) is 3.46. The van der Waals surface area contributed by atoms with Crippen LogP contribution in [0.15, 0.2) is 48.7 Å². The Balaban J connectivity index is 1.80. The summed E-state index contributed by atoms with van der Waals surface area (Å²) in [6, 6.07) is 13.3. The van der Waals surface area contributed by atoms with Crippen LogP contribution >= 0.6 is 0 Å². The molecule has 0 bridgehead atoms. The number of carbonyl (C=O) groups excluding carboxylic acids is 1. The van der Waals surface area contributed by atoms with E-state index in [1.54, 1.807) is 6.20 Å². The number of rotatable bonds is 5. The zero-order chi connectivity index (χ0) is 15.5. The average Bonchev–Trinajstić information content (AvgIpc) is 2.87. The monoisotopic (exact) mass is 295 g/mol. The molecule has 1 amide bonds. The molecule has 3 aromatic rings. The van der Waals surface area contributed by atoms with Crippen molar-refractivity contribution in [3.05, 3.63) is 59.8 Å². The molecule has 112 valence electrons. The van der Waals surface area contributed by atoms with Gasteiger partial charge < -0.3 is 21.2 Å². The lowest BCUT2D eigenvalue weighted by molar-refractivity contribution is -0.117. The molecular weight excluding hydrogens is 278 g/mol. The van der Waals surface area contributed by atoms with Gasteiger partial charge in [-0.05, 0) is 41.5 Å². The lowest BCUT2D eigenvalue weighted by atomic mass is 10.1. The number of nitrogens with two attached hydrogens (primary N) is 2. The third kappa shape index (κ3) is 3.03. The van der Waals surface area contributed by atoms with Gasteiger partial charge in [0.15, 0.2) is 0 Å². The molecule has 1 aromatic heterocycles. The van der Waals surface area contributed by atoms with Crippen molar-refractivity contribution in [3.63, 3.8) is 0 Å². The molecule has 5 nitrogen and oxygen atoms in total. The first-order valence-corrected chi connectivity index (χ1v) is 6.97. The SMILES string of the molecule is NC(=O)Cc1c[nH]c2ccc(OCc3cccc(N)c3)cc12. The highest BCUT2D eigenvalue weighted by atomic mass is 16.5. The van der Waals surface area contributed by atoms with Crippen molar-refractivity contribution < 1.29 is 9.53 Å². The van der Waals surface area contributed by atoms with Gasteiger partial charge in [-0.15, -0.1) is 0 Å². The molecule has 0 aliphatic carbocycles. The van der Waals surface area contributed by atoms with Gasteiger partial charge in [0.2, 0.25) is 5.91 Å². The molecule has 3 rings (SSSR count). The van der Waals surface area contributed by atoms with Crippen LogP contribution in [0.5, 0.6) is 5.75 Å². The number of fused-ring (bicyclic) bond motifs is 1. The highest BCUT2D eigenvalue weighted by Crippen LogP contribution is 2.24. The number of nitrogens with one attached hydrogen (secondary N) is 1. The number of amides is 1. The Morgan fingerprint density at radius 3 is 2.82 bits per heavy atom. The van der Waals surface area contributed by atoms with Crippen molar-refractivity contribution in [2.45, 2.75) is 13.0 Å². The van der Waals surface area contributed by atoms with Gasteiger partial charge in [0.1, 0.15) is 12.4 Å². The molecule has 22 heavy (non-hydrogen) atoms. The van der Waals surface area contributed by atoms with Gasteiger partial charge in [0, 0.05) is 22.8 Å². The van der Waals surface area contributed by atoms with Crippen molar-refractivity contribution in [2.75, 3.05) is 5.73 Å². The fourth-order valence-electron chi connectivity index (χ4n) is 2.43. The molecule has 0 radical (unpaired) electrons. The number of hydrogen-bond donors (Lipinski definition) is 3. The highest BCUT2D eigenvalue weighted by Gasteiger charge is 2.08. The fourth-order valence-corrected chi connectivity index (χ4v) is 2.43. The van der Waals surface area contributed by atoms with E-state index in [2.05, 4.69) is 4.98 Å². The summed E-state index contributed by atoms with van der Waals surface area (Å²) in [5.74, 6) is 0.382. The van der Waals surface area contributed by atoms with E-state index in [0.717, 1.165) is 27.8 Å². The molecule has 2 aromatic carbocycles. The molecule has 0 aliphatic rings. The zero-order valence-electron chi connectivity index (χ0n) is 12.0. The summed E-state index contributed by atoms with van der Waals surface area (Å²) in [6.07, 6.45) is 2.01. The second-order valence-corrected chi connectivity index (χ2v) is 5.20. The predicted octanol–water partition coefficient (Wildman–Crippen LogP) is 2.36. The van der Waals surface area contributed by atoms with Gasteiger partial charge in [0.25, 0.3) is 0 Å². The summed E-state index contributed by atoms with van der Waals surface area (Å²) in [5, 5.41) is 0.948. The topological polar surface area (TPSA) is 94.1 Å². The van der Waals surface area contributed by atoms with Crippen molar-refractivity contribution in [3.8, 4) is 5.75 Å². The van der Waals surface area contributed by atoms with E-state index in [4.69, 9.17) is 16.2 Å². The highest BCUT2D eigenvalue weighted by molar-refractivity contribution is 5.89. The number of carbonyl (C=O) groups is 1. The van der Waals surface area contributed by atoms with E-state index in [-0.39, 0.29) is 12.3 Å². The van der Waals surface area contributed by atoms with Crippen molar-refractivity contribution in [2.24, 2.45) is 5.73 Å². The zero-order valence-corrected chi connectivity index (χ0v) is 12.0. The number of H-pyrrole nitrogens is 1. The number of anilines is 1. The molecule has 0 unspecified atom stereocenters. The lowest BCUT2D eigenvalue weighted by Crippen LogP contribution is -2.13. The molecule has 1 heterocycles. The number of nitrogen functional groups attached to an aromatic ring is 1.